The van der Waals surface area contributed by atoms with E-state index in [4.69, 9.17) is 11.6 Å². The number of benzene rings is 1. The molecule has 0 saturated carbocycles. The molecule has 0 fully saturated rings. The topological polar surface area (TPSA) is 62.7 Å². The van der Waals surface area contributed by atoms with Gasteiger partial charge >= 0.3 is 0 Å². The van der Waals surface area contributed by atoms with Crippen LogP contribution in [0, 0.1) is 0 Å². The van der Waals surface area contributed by atoms with Crippen LogP contribution < -0.4 is 10.6 Å². The summed E-state index contributed by atoms with van der Waals surface area (Å²) in [5, 5.41) is 15.4. The summed E-state index contributed by atoms with van der Waals surface area (Å²) < 4.78 is 0. The summed E-state index contributed by atoms with van der Waals surface area (Å²) in [6.07, 6.45) is 11.1. The van der Waals surface area contributed by atoms with Gasteiger partial charge in [0, 0.05) is 18.1 Å². The molecule has 2 aromatic rings. The molecule has 1 aliphatic carbocycles. The zero-order valence-electron chi connectivity index (χ0n) is 14.3. The van der Waals surface area contributed by atoms with Gasteiger partial charge in [-0.1, -0.05) is 35.4 Å². The van der Waals surface area contributed by atoms with Gasteiger partial charge in [0.05, 0.1) is 6.20 Å². The number of hydrogen-bond donors (Lipinski definition) is 2. The van der Waals surface area contributed by atoms with Crippen molar-refractivity contribution >= 4 is 23.4 Å². The van der Waals surface area contributed by atoms with Crippen molar-refractivity contribution in [3.63, 3.8) is 0 Å². The number of nitrogens with zero attached hydrogens (tertiary/aromatic N) is 3. The molecule has 1 aromatic heterocycles. The number of aromatic nitrogens is 3. The predicted octanol–water partition coefficient (Wildman–Crippen LogP) is 4.48. The van der Waals surface area contributed by atoms with Gasteiger partial charge in [-0.05, 0) is 56.2 Å². The van der Waals surface area contributed by atoms with Crippen LogP contribution in [-0.4, -0.2) is 28.3 Å². The van der Waals surface area contributed by atoms with E-state index in [-0.39, 0.29) is 0 Å². The molecule has 0 saturated heterocycles. The Balaban J connectivity index is 1.42. The predicted molar refractivity (Wildman–Crippen MR) is 103 cm³/mol. The molecule has 0 spiro atoms. The van der Waals surface area contributed by atoms with Crippen molar-refractivity contribution in [3.8, 4) is 0 Å². The molecule has 0 bridgehead atoms. The van der Waals surface area contributed by atoms with Crippen molar-refractivity contribution in [2.75, 3.05) is 23.7 Å². The van der Waals surface area contributed by atoms with E-state index < -0.39 is 0 Å². The monoisotopic (exact) mass is 357 g/mol. The number of rotatable bonds is 8. The van der Waals surface area contributed by atoms with Gasteiger partial charge < -0.3 is 10.6 Å². The summed E-state index contributed by atoms with van der Waals surface area (Å²) in [6.45, 7) is 1.63. The smallest absolute Gasteiger partial charge is 0.244 e. The Morgan fingerprint density at radius 3 is 2.64 bits per heavy atom. The fourth-order valence-corrected chi connectivity index (χ4v) is 3.04. The third-order valence-corrected chi connectivity index (χ3v) is 4.56. The minimum atomic E-state index is 0.577. The van der Waals surface area contributed by atoms with E-state index in [9.17, 15) is 0 Å². The average Bonchev–Trinajstić information content (AvgIpc) is 2.65. The first-order valence-corrected chi connectivity index (χ1v) is 9.27. The molecule has 0 aliphatic heterocycles. The SMILES string of the molecule is Clc1ccc(CCNc2cnnc(NCCC3=CCCCC3)n2)cc1. The Morgan fingerprint density at radius 1 is 1.00 bits per heavy atom. The molecule has 25 heavy (non-hydrogen) atoms. The minimum Gasteiger partial charge on any atom is -0.368 e. The van der Waals surface area contributed by atoms with Crippen LogP contribution in [0.25, 0.3) is 0 Å². The summed E-state index contributed by atoms with van der Waals surface area (Å²) in [4.78, 5) is 4.46. The van der Waals surface area contributed by atoms with Crippen LogP contribution in [0.3, 0.4) is 0 Å². The highest BCUT2D eigenvalue weighted by atomic mass is 35.5. The Hall–Kier alpha value is -2.14. The highest BCUT2D eigenvalue weighted by Gasteiger charge is 2.04. The van der Waals surface area contributed by atoms with Gasteiger partial charge in [-0.15, -0.1) is 5.10 Å². The normalized spacial score (nSPS) is 14.0. The first-order chi connectivity index (χ1) is 12.3. The third-order valence-electron chi connectivity index (χ3n) is 4.31. The van der Waals surface area contributed by atoms with Crippen molar-refractivity contribution in [1.82, 2.24) is 15.2 Å². The highest BCUT2D eigenvalue weighted by molar-refractivity contribution is 6.30. The molecule has 0 radical (unpaired) electrons. The maximum atomic E-state index is 5.90. The number of anilines is 2. The Labute approximate surface area is 153 Å². The number of nitrogens with one attached hydrogen (secondary N) is 2. The molecular formula is C19H24ClN5. The molecule has 0 amide bonds. The summed E-state index contributed by atoms with van der Waals surface area (Å²) in [6, 6.07) is 7.89. The zero-order valence-corrected chi connectivity index (χ0v) is 15.1. The minimum absolute atomic E-state index is 0.577. The molecule has 1 heterocycles. The first-order valence-electron chi connectivity index (χ1n) is 8.89. The summed E-state index contributed by atoms with van der Waals surface area (Å²) in [7, 11) is 0. The molecular weight excluding hydrogens is 334 g/mol. The van der Waals surface area contributed by atoms with E-state index in [1.54, 1.807) is 11.8 Å². The van der Waals surface area contributed by atoms with Gasteiger partial charge in [-0.2, -0.15) is 10.1 Å². The standard InChI is InChI=1S/C19H24ClN5/c20-17-8-6-16(7-9-17)10-12-21-18-14-23-25-19(24-18)22-13-11-15-4-2-1-3-5-15/h4,6-9,14H,1-3,5,10-13H2,(H2,21,22,24,25). The second-order valence-electron chi connectivity index (χ2n) is 6.25. The summed E-state index contributed by atoms with van der Waals surface area (Å²) in [5.74, 6) is 1.32. The van der Waals surface area contributed by atoms with Crippen LogP contribution in [0.15, 0.2) is 42.1 Å². The lowest BCUT2D eigenvalue weighted by Gasteiger charge is -2.13. The summed E-state index contributed by atoms with van der Waals surface area (Å²) in [5.41, 5.74) is 2.78. The zero-order chi connectivity index (χ0) is 17.3. The molecule has 3 rings (SSSR count). The van der Waals surface area contributed by atoms with Crippen molar-refractivity contribution in [2.45, 2.75) is 38.5 Å². The van der Waals surface area contributed by atoms with Crippen LogP contribution in [0.1, 0.15) is 37.7 Å². The quantitative estimate of drug-likeness (QED) is 0.682. The average molecular weight is 358 g/mol. The lowest BCUT2D eigenvalue weighted by Crippen LogP contribution is -2.11. The second kappa shape index (κ2) is 9.37. The van der Waals surface area contributed by atoms with E-state index in [1.165, 1.54) is 31.2 Å². The summed E-state index contributed by atoms with van der Waals surface area (Å²) >= 11 is 5.90. The molecule has 0 atom stereocenters. The fourth-order valence-electron chi connectivity index (χ4n) is 2.92. The van der Waals surface area contributed by atoms with E-state index >= 15 is 0 Å². The molecule has 6 heteroatoms. The molecule has 1 aromatic carbocycles. The Bertz CT molecular complexity index is 699. The van der Waals surface area contributed by atoms with Crippen LogP contribution in [0.4, 0.5) is 11.8 Å². The maximum Gasteiger partial charge on any atom is 0.244 e. The van der Waals surface area contributed by atoms with Gasteiger partial charge in [0.25, 0.3) is 0 Å². The van der Waals surface area contributed by atoms with E-state index in [2.05, 4.69) is 31.9 Å². The van der Waals surface area contributed by atoms with Crippen LogP contribution in [0.5, 0.6) is 0 Å². The molecule has 1 aliphatic rings. The van der Waals surface area contributed by atoms with Gasteiger partial charge in [0.1, 0.15) is 0 Å². The van der Waals surface area contributed by atoms with Crippen molar-refractivity contribution in [1.29, 1.82) is 0 Å². The third kappa shape index (κ3) is 6.02. The van der Waals surface area contributed by atoms with Crippen molar-refractivity contribution < 1.29 is 0 Å². The van der Waals surface area contributed by atoms with Gasteiger partial charge in [-0.25, -0.2) is 0 Å². The van der Waals surface area contributed by atoms with Crippen LogP contribution in [0.2, 0.25) is 5.02 Å². The highest BCUT2D eigenvalue weighted by Crippen LogP contribution is 2.19. The Kier molecular flexibility index (Phi) is 6.63. The molecule has 2 N–H and O–H groups in total. The van der Waals surface area contributed by atoms with E-state index in [1.807, 2.05) is 24.3 Å². The maximum absolute atomic E-state index is 5.90. The van der Waals surface area contributed by atoms with E-state index in [0.717, 1.165) is 36.8 Å². The van der Waals surface area contributed by atoms with Gasteiger partial charge in [-0.3, -0.25) is 0 Å². The molecule has 0 unspecified atom stereocenters. The largest absolute Gasteiger partial charge is 0.368 e. The Morgan fingerprint density at radius 2 is 1.84 bits per heavy atom. The number of hydrogen-bond acceptors (Lipinski definition) is 5. The van der Waals surface area contributed by atoms with Gasteiger partial charge in [0.2, 0.25) is 5.95 Å². The lowest BCUT2D eigenvalue weighted by molar-refractivity contribution is 0.678. The van der Waals surface area contributed by atoms with Crippen LogP contribution >= 0.6 is 11.6 Å². The molecule has 132 valence electrons. The molecule has 5 nitrogen and oxygen atoms in total. The number of halogens is 1. The van der Waals surface area contributed by atoms with Crippen molar-refractivity contribution in [3.05, 3.63) is 52.7 Å². The van der Waals surface area contributed by atoms with E-state index in [0.29, 0.717) is 5.95 Å². The first kappa shape index (κ1) is 17.7. The fraction of sp³-hybridized carbons (Fsp3) is 0.421. The van der Waals surface area contributed by atoms with Crippen LogP contribution in [-0.2, 0) is 6.42 Å². The second-order valence-corrected chi connectivity index (χ2v) is 6.69. The lowest BCUT2D eigenvalue weighted by atomic mass is 9.97. The van der Waals surface area contributed by atoms with Crippen molar-refractivity contribution in [2.24, 2.45) is 0 Å². The number of allylic oxidation sites excluding steroid dienone is 1. The van der Waals surface area contributed by atoms with Gasteiger partial charge in [0.15, 0.2) is 5.82 Å².